The van der Waals surface area contributed by atoms with E-state index in [4.69, 9.17) is 4.99 Å². The number of piperidine rings is 1. The molecule has 0 saturated carbocycles. The van der Waals surface area contributed by atoms with Crippen molar-refractivity contribution in [2.45, 2.75) is 45.7 Å². The van der Waals surface area contributed by atoms with Crippen LogP contribution >= 0.6 is 24.0 Å². The van der Waals surface area contributed by atoms with Crippen molar-refractivity contribution >= 4 is 35.8 Å². The lowest BCUT2D eigenvalue weighted by Gasteiger charge is -2.34. The van der Waals surface area contributed by atoms with E-state index in [0.717, 1.165) is 58.1 Å². The third-order valence-corrected chi connectivity index (χ3v) is 6.65. The van der Waals surface area contributed by atoms with Gasteiger partial charge in [0.15, 0.2) is 5.96 Å². The molecule has 0 aromatic heterocycles. The molecule has 2 aliphatic heterocycles. The smallest absolute Gasteiger partial charge is 0.220 e. The van der Waals surface area contributed by atoms with E-state index in [1.807, 2.05) is 0 Å². The third kappa shape index (κ3) is 9.41. The molecule has 33 heavy (non-hydrogen) atoms. The van der Waals surface area contributed by atoms with E-state index in [-0.39, 0.29) is 29.9 Å². The largest absolute Gasteiger partial charge is 0.359 e. The van der Waals surface area contributed by atoms with Crippen molar-refractivity contribution in [1.29, 1.82) is 0 Å². The molecule has 2 aliphatic rings. The molecule has 2 N–H and O–H groups in total. The molecule has 1 amide bonds. The van der Waals surface area contributed by atoms with Crippen LogP contribution < -0.4 is 10.6 Å². The van der Waals surface area contributed by atoms with Crippen molar-refractivity contribution in [2.75, 3.05) is 59.9 Å². The first-order chi connectivity index (χ1) is 15.6. The molecule has 2 heterocycles. The Labute approximate surface area is 217 Å². The van der Waals surface area contributed by atoms with Crippen LogP contribution in [0.5, 0.6) is 0 Å². The van der Waals surface area contributed by atoms with Crippen LogP contribution in [0.3, 0.4) is 0 Å². The summed E-state index contributed by atoms with van der Waals surface area (Å²) in [4.78, 5) is 23.9. The Balaban J connectivity index is 0.00000385. The van der Waals surface area contributed by atoms with Crippen LogP contribution in [0, 0.1) is 5.92 Å². The van der Waals surface area contributed by atoms with Crippen LogP contribution in [0.1, 0.15) is 43.7 Å². The zero-order chi connectivity index (χ0) is 22.8. The van der Waals surface area contributed by atoms with Crippen molar-refractivity contribution in [2.24, 2.45) is 10.9 Å². The second kappa shape index (κ2) is 14.8. The number of carbonyl (C=O) groups is 1. The Hall–Kier alpha value is -1.39. The zero-order valence-electron chi connectivity index (χ0n) is 20.7. The number of amides is 1. The van der Waals surface area contributed by atoms with Gasteiger partial charge in [-0.2, -0.15) is 0 Å². The van der Waals surface area contributed by atoms with Gasteiger partial charge in [0.1, 0.15) is 0 Å². The normalized spacial score (nSPS) is 19.0. The Morgan fingerprint density at radius 1 is 1.03 bits per heavy atom. The Kier molecular flexibility index (Phi) is 12.5. The maximum absolute atomic E-state index is 11.7. The van der Waals surface area contributed by atoms with Gasteiger partial charge in [0.05, 0.1) is 6.54 Å². The van der Waals surface area contributed by atoms with Gasteiger partial charge in [0.2, 0.25) is 5.91 Å². The summed E-state index contributed by atoms with van der Waals surface area (Å²) < 4.78 is 0. The van der Waals surface area contributed by atoms with Gasteiger partial charge in [-0.05, 0) is 63.4 Å². The van der Waals surface area contributed by atoms with Crippen molar-refractivity contribution in [1.82, 2.24) is 25.3 Å². The first-order valence-electron chi connectivity index (χ1n) is 12.3. The Morgan fingerprint density at radius 2 is 1.73 bits per heavy atom. The number of halogens is 1. The van der Waals surface area contributed by atoms with E-state index < -0.39 is 0 Å². The minimum absolute atomic E-state index is 0. The number of hydrogen-bond acceptors (Lipinski definition) is 4. The fourth-order valence-corrected chi connectivity index (χ4v) is 4.57. The molecular weight excluding hydrogens is 527 g/mol. The molecule has 3 rings (SSSR count). The van der Waals surface area contributed by atoms with Crippen LogP contribution in [-0.4, -0.2) is 86.5 Å². The number of hydrogen-bond donors (Lipinski definition) is 2. The molecule has 1 aromatic carbocycles. The van der Waals surface area contributed by atoms with Crippen molar-refractivity contribution in [3.63, 3.8) is 0 Å². The summed E-state index contributed by atoms with van der Waals surface area (Å²) in [6.45, 7) is 11.3. The lowest BCUT2D eigenvalue weighted by atomic mass is 9.93. The molecule has 7 nitrogen and oxygen atoms in total. The van der Waals surface area contributed by atoms with E-state index >= 15 is 0 Å². The number of carbonyl (C=O) groups excluding carboxylic acids is 1. The van der Waals surface area contributed by atoms with Crippen LogP contribution in [0.15, 0.2) is 29.3 Å². The Morgan fingerprint density at radius 3 is 2.39 bits per heavy atom. The number of nitrogens with zero attached hydrogens (tertiary/aromatic N) is 4. The summed E-state index contributed by atoms with van der Waals surface area (Å²) in [5.74, 6) is 1.62. The fourth-order valence-electron chi connectivity index (χ4n) is 4.57. The molecule has 186 valence electrons. The van der Waals surface area contributed by atoms with Gasteiger partial charge < -0.3 is 20.4 Å². The highest BCUT2D eigenvalue weighted by Crippen LogP contribution is 2.20. The number of guanidine groups is 1. The van der Waals surface area contributed by atoms with Crippen LogP contribution in [-0.2, 0) is 17.9 Å². The van der Waals surface area contributed by atoms with Gasteiger partial charge in [-0.3, -0.25) is 9.69 Å². The van der Waals surface area contributed by atoms with Gasteiger partial charge in [-0.25, -0.2) is 4.99 Å². The van der Waals surface area contributed by atoms with Crippen molar-refractivity contribution in [3.8, 4) is 0 Å². The van der Waals surface area contributed by atoms with Crippen LogP contribution in [0.25, 0.3) is 0 Å². The summed E-state index contributed by atoms with van der Waals surface area (Å²) >= 11 is 0. The first-order valence-corrected chi connectivity index (χ1v) is 12.3. The summed E-state index contributed by atoms with van der Waals surface area (Å²) in [7, 11) is 3.93. The topological polar surface area (TPSA) is 63.2 Å². The van der Waals surface area contributed by atoms with Gasteiger partial charge in [0, 0.05) is 52.7 Å². The summed E-state index contributed by atoms with van der Waals surface area (Å²) in [5, 5.41) is 6.19. The van der Waals surface area contributed by atoms with E-state index in [9.17, 15) is 4.79 Å². The minimum atomic E-state index is 0. The van der Waals surface area contributed by atoms with Gasteiger partial charge in [-0.15, -0.1) is 24.0 Å². The van der Waals surface area contributed by atoms with E-state index in [2.05, 4.69) is 63.6 Å². The van der Waals surface area contributed by atoms with Gasteiger partial charge in [-0.1, -0.05) is 24.3 Å². The lowest BCUT2D eigenvalue weighted by Crippen LogP contribution is -2.46. The van der Waals surface area contributed by atoms with Crippen molar-refractivity contribution in [3.05, 3.63) is 35.4 Å². The zero-order valence-corrected chi connectivity index (χ0v) is 23.0. The SMILES string of the molecule is CCNC(=NCc1ccc(CN2CCCN(C)CC2)cc1)N1CCC(CC(=O)NC)CC1.I. The van der Waals surface area contributed by atoms with E-state index in [1.54, 1.807) is 7.05 Å². The van der Waals surface area contributed by atoms with E-state index in [1.165, 1.54) is 30.6 Å². The maximum Gasteiger partial charge on any atom is 0.220 e. The number of benzene rings is 1. The molecule has 0 aliphatic carbocycles. The molecule has 0 bridgehead atoms. The summed E-state index contributed by atoms with van der Waals surface area (Å²) in [6.07, 6.45) is 3.97. The molecule has 2 fully saturated rings. The van der Waals surface area contributed by atoms with E-state index in [0.29, 0.717) is 18.9 Å². The summed E-state index contributed by atoms with van der Waals surface area (Å²) in [6, 6.07) is 8.97. The minimum Gasteiger partial charge on any atom is -0.359 e. The highest BCUT2D eigenvalue weighted by molar-refractivity contribution is 14.0. The molecule has 8 heteroatoms. The average molecular weight is 571 g/mol. The number of rotatable bonds is 7. The monoisotopic (exact) mass is 570 g/mol. The molecule has 0 spiro atoms. The molecule has 0 unspecified atom stereocenters. The standard InChI is InChI=1S/C25H42N6O.HI/c1-4-27-25(31-14-10-21(11-15-31)18-24(32)26-2)28-19-22-6-8-23(9-7-22)20-30-13-5-12-29(3)16-17-30;/h6-9,21H,4-5,10-20H2,1-3H3,(H,26,32)(H,27,28);1H. The molecule has 0 atom stereocenters. The number of likely N-dealkylation sites (tertiary alicyclic amines) is 1. The maximum atomic E-state index is 11.7. The Bertz CT molecular complexity index is 733. The highest BCUT2D eigenvalue weighted by atomic mass is 127. The lowest BCUT2D eigenvalue weighted by molar-refractivity contribution is -0.121. The van der Waals surface area contributed by atoms with Gasteiger partial charge in [0.25, 0.3) is 0 Å². The van der Waals surface area contributed by atoms with Crippen LogP contribution in [0.2, 0.25) is 0 Å². The number of nitrogens with one attached hydrogen (secondary N) is 2. The van der Waals surface area contributed by atoms with Crippen LogP contribution in [0.4, 0.5) is 0 Å². The van der Waals surface area contributed by atoms with Gasteiger partial charge >= 0.3 is 0 Å². The number of likely N-dealkylation sites (N-methyl/N-ethyl adjacent to an activating group) is 1. The third-order valence-electron chi connectivity index (χ3n) is 6.65. The second-order valence-corrected chi connectivity index (χ2v) is 9.23. The van der Waals surface area contributed by atoms with Crippen molar-refractivity contribution < 1.29 is 4.79 Å². The fraction of sp³-hybridized carbons (Fsp3) is 0.680. The first kappa shape index (κ1) is 27.9. The number of aliphatic imine (C=N–C) groups is 1. The predicted octanol–water partition coefficient (Wildman–Crippen LogP) is 2.76. The average Bonchev–Trinajstić information content (AvgIpc) is 3.02. The molecular formula is C25H43IN6O. The summed E-state index contributed by atoms with van der Waals surface area (Å²) in [5.41, 5.74) is 2.63. The quantitative estimate of drug-likeness (QED) is 0.300. The second-order valence-electron chi connectivity index (χ2n) is 9.23. The predicted molar refractivity (Wildman–Crippen MR) is 147 cm³/mol. The molecule has 2 saturated heterocycles. The highest BCUT2D eigenvalue weighted by Gasteiger charge is 2.23. The molecule has 1 aromatic rings. The molecule has 0 radical (unpaired) electrons.